The fourth-order valence-corrected chi connectivity index (χ4v) is 2.26. The van der Waals surface area contributed by atoms with E-state index in [1.807, 2.05) is 6.92 Å². The minimum Gasteiger partial charge on any atom is -0.481 e. The Morgan fingerprint density at radius 2 is 1.95 bits per heavy atom. The first-order chi connectivity index (χ1) is 8.93. The molecule has 0 aromatic carbocycles. The molecule has 106 valence electrons. The number of amides is 1. The smallest absolute Gasteiger partial charge is 0.303 e. The lowest BCUT2D eigenvalue weighted by Gasteiger charge is -2.04. The molecule has 1 rings (SSSR count). The Balaban J connectivity index is 2.34. The molecule has 0 fully saturated rings. The standard InChI is InChI=1S/C13H18BrNO4/c1-8-11(9(2)19-12(8)14)13(18)15-7-5-3-4-6-10(16)17/h3-7H2,1-2H3,(H,15,18)(H,16,17). The summed E-state index contributed by atoms with van der Waals surface area (Å²) >= 11 is 3.25. The van der Waals surface area contributed by atoms with Crippen molar-refractivity contribution in [1.29, 1.82) is 0 Å². The molecule has 6 heteroatoms. The third kappa shape index (κ3) is 4.70. The van der Waals surface area contributed by atoms with Gasteiger partial charge in [-0.3, -0.25) is 9.59 Å². The van der Waals surface area contributed by atoms with Crippen LogP contribution in [0.5, 0.6) is 0 Å². The second-order valence-electron chi connectivity index (χ2n) is 4.39. The SMILES string of the molecule is Cc1oc(Br)c(C)c1C(=O)NCCCCCC(=O)O. The van der Waals surface area contributed by atoms with E-state index >= 15 is 0 Å². The number of carbonyl (C=O) groups is 2. The van der Waals surface area contributed by atoms with E-state index in [0.29, 0.717) is 29.0 Å². The third-order valence-electron chi connectivity index (χ3n) is 2.84. The van der Waals surface area contributed by atoms with Gasteiger partial charge < -0.3 is 14.8 Å². The molecule has 0 aliphatic heterocycles. The summed E-state index contributed by atoms with van der Waals surface area (Å²) < 4.78 is 5.91. The summed E-state index contributed by atoms with van der Waals surface area (Å²) in [5.41, 5.74) is 1.36. The van der Waals surface area contributed by atoms with Crippen molar-refractivity contribution in [3.05, 3.63) is 21.6 Å². The Labute approximate surface area is 120 Å². The summed E-state index contributed by atoms with van der Waals surface area (Å²) in [6, 6.07) is 0. The van der Waals surface area contributed by atoms with Gasteiger partial charge in [0.05, 0.1) is 5.56 Å². The monoisotopic (exact) mass is 331 g/mol. The molecule has 5 nitrogen and oxygen atoms in total. The van der Waals surface area contributed by atoms with Crippen LogP contribution in [0.2, 0.25) is 0 Å². The van der Waals surface area contributed by atoms with E-state index in [9.17, 15) is 9.59 Å². The van der Waals surface area contributed by atoms with Crippen LogP contribution in [0.3, 0.4) is 0 Å². The van der Waals surface area contributed by atoms with Gasteiger partial charge in [0.15, 0.2) is 4.67 Å². The number of rotatable bonds is 7. The van der Waals surface area contributed by atoms with Crippen LogP contribution < -0.4 is 5.32 Å². The molecule has 0 spiro atoms. The number of furan rings is 1. The Morgan fingerprint density at radius 1 is 1.26 bits per heavy atom. The summed E-state index contributed by atoms with van der Waals surface area (Å²) in [5.74, 6) is -0.339. The van der Waals surface area contributed by atoms with E-state index in [-0.39, 0.29) is 12.3 Å². The quantitative estimate of drug-likeness (QED) is 0.752. The van der Waals surface area contributed by atoms with Gasteiger partial charge in [0.25, 0.3) is 5.91 Å². The van der Waals surface area contributed by atoms with Crippen LogP contribution in [0.1, 0.15) is 47.4 Å². The van der Waals surface area contributed by atoms with Crippen LogP contribution in [-0.2, 0) is 4.79 Å². The van der Waals surface area contributed by atoms with Gasteiger partial charge in [-0.1, -0.05) is 6.42 Å². The number of nitrogens with one attached hydrogen (secondary N) is 1. The first-order valence-electron chi connectivity index (χ1n) is 6.19. The highest BCUT2D eigenvalue weighted by atomic mass is 79.9. The molecule has 0 aliphatic rings. The van der Waals surface area contributed by atoms with Crippen molar-refractivity contribution < 1.29 is 19.1 Å². The zero-order chi connectivity index (χ0) is 14.4. The number of aliphatic carboxylic acids is 1. The maximum absolute atomic E-state index is 12.0. The predicted octanol–water partition coefficient (Wildman–Crippen LogP) is 3.03. The Kier molecular flexibility index (Phi) is 6.08. The van der Waals surface area contributed by atoms with Crippen molar-refractivity contribution >= 4 is 27.8 Å². The highest BCUT2D eigenvalue weighted by Crippen LogP contribution is 2.25. The van der Waals surface area contributed by atoms with Gasteiger partial charge in [-0.15, -0.1) is 0 Å². The summed E-state index contributed by atoms with van der Waals surface area (Å²) in [6.45, 7) is 4.11. The maximum atomic E-state index is 12.0. The van der Waals surface area contributed by atoms with E-state index in [0.717, 1.165) is 18.4 Å². The average Bonchev–Trinajstić information content (AvgIpc) is 2.57. The Hall–Kier alpha value is -1.30. The van der Waals surface area contributed by atoms with E-state index in [1.165, 1.54) is 0 Å². The van der Waals surface area contributed by atoms with Gasteiger partial charge >= 0.3 is 5.97 Å². The highest BCUT2D eigenvalue weighted by molar-refractivity contribution is 9.10. The number of hydrogen-bond acceptors (Lipinski definition) is 3. The van der Waals surface area contributed by atoms with Crippen molar-refractivity contribution in [1.82, 2.24) is 5.32 Å². The van der Waals surface area contributed by atoms with Crippen molar-refractivity contribution in [3.8, 4) is 0 Å². The molecule has 19 heavy (non-hydrogen) atoms. The van der Waals surface area contributed by atoms with Crippen LogP contribution in [0.4, 0.5) is 0 Å². The molecule has 0 atom stereocenters. The lowest BCUT2D eigenvalue weighted by atomic mass is 10.1. The van der Waals surface area contributed by atoms with E-state index in [4.69, 9.17) is 9.52 Å². The maximum Gasteiger partial charge on any atom is 0.303 e. The number of carboxylic acids is 1. The van der Waals surface area contributed by atoms with Crippen molar-refractivity contribution in [2.45, 2.75) is 39.5 Å². The number of hydrogen-bond donors (Lipinski definition) is 2. The number of aryl methyl sites for hydroxylation is 1. The Morgan fingerprint density at radius 3 is 2.47 bits per heavy atom. The van der Waals surface area contributed by atoms with Crippen LogP contribution >= 0.6 is 15.9 Å². The van der Waals surface area contributed by atoms with Crippen LogP contribution in [0, 0.1) is 13.8 Å². The topological polar surface area (TPSA) is 79.5 Å². The van der Waals surface area contributed by atoms with Gasteiger partial charge in [0, 0.05) is 18.5 Å². The van der Waals surface area contributed by atoms with Gasteiger partial charge in [0.2, 0.25) is 0 Å². The summed E-state index contributed by atoms with van der Waals surface area (Å²) in [4.78, 5) is 22.3. The molecule has 0 unspecified atom stereocenters. The molecule has 0 bridgehead atoms. The fourth-order valence-electron chi connectivity index (χ4n) is 1.82. The highest BCUT2D eigenvalue weighted by Gasteiger charge is 2.18. The number of halogens is 1. The molecule has 0 saturated carbocycles. The molecule has 2 N–H and O–H groups in total. The van der Waals surface area contributed by atoms with Crippen molar-refractivity contribution in [3.63, 3.8) is 0 Å². The first-order valence-corrected chi connectivity index (χ1v) is 6.98. The minimum absolute atomic E-state index is 0.150. The van der Waals surface area contributed by atoms with Gasteiger partial charge in [-0.2, -0.15) is 0 Å². The number of carbonyl (C=O) groups excluding carboxylic acids is 1. The Bertz CT molecular complexity index is 467. The summed E-state index contributed by atoms with van der Waals surface area (Å²) in [5, 5.41) is 11.3. The summed E-state index contributed by atoms with van der Waals surface area (Å²) in [7, 11) is 0. The third-order valence-corrected chi connectivity index (χ3v) is 3.60. The normalized spacial score (nSPS) is 10.5. The minimum atomic E-state index is -0.779. The van der Waals surface area contributed by atoms with Gasteiger partial charge in [0.1, 0.15) is 5.76 Å². The molecule has 1 aromatic rings. The zero-order valence-corrected chi connectivity index (χ0v) is 12.7. The first kappa shape index (κ1) is 15.8. The predicted molar refractivity (Wildman–Crippen MR) is 74.3 cm³/mol. The lowest BCUT2D eigenvalue weighted by Crippen LogP contribution is -2.25. The largest absolute Gasteiger partial charge is 0.481 e. The molecular weight excluding hydrogens is 314 g/mol. The van der Waals surface area contributed by atoms with Crippen LogP contribution in [0.15, 0.2) is 9.09 Å². The van der Waals surface area contributed by atoms with Gasteiger partial charge in [-0.05, 0) is 42.6 Å². The molecule has 1 heterocycles. The van der Waals surface area contributed by atoms with Crippen LogP contribution in [-0.4, -0.2) is 23.5 Å². The van der Waals surface area contributed by atoms with Crippen LogP contribution in [0.25, 0.3) is 0 Å². The van der Waals surface area contributed by atoms with Gasteiger partial charge in [-0.25, -0.2) is 0 Å². The van der Waals surface area contributed by atoms with E-state index in [1.54, 1.807) is 6.92 Å². The molecule has 0 aliphatic carbocycles. The fraction of sp³-hybridized carbons (Fsp3) is 0.538. The van der Waals surface area contributed by atoms with E-state index < -0.39 is 5.97 Å². The van der Waals surface area contributed by atoms with E-state index in [2.05, 4.69) is 21.2 Å². The molecule has 1 amide bonds. The lowest BCUT2D eigenvalue weighted by molar-refractivity contribution is -0.137. The second-order valence-corrected chi connectivity index (χ2v) is 5.11. The average molecular weight is 332 g/mol. The second kappa shape index (κ2) is 7.33. The zero-order valence-electron chi connectivity index (χ0n) is 11.1. The summed E-state index contributed by atoms with van der Waals surface area (Å²) in [6.07, 6.45) is 2.39. The molecule has 1 aromatic heterocycles. The molecule has 0 radical (unpaired) electrons. The molecular formula is C13H18BrNO4. The number of unbranched alkanes of at least 4 members (excludes halogenated alkanes) is 2. The van der Waals surface area contributed by atoms with Crippen molar-refractivity contribution in [2.24, 2.45) is 0 Å². The molecule has 0 saturated heterocycles. The van der Waals surface area contributed by atoms with Crippen molar-refractivity contribution in [2.75, 3.05) is 6.54 Å². The number of carboxylic acid groups (broad SMARTS) is 1.